The van der Waals surface area contributed by atoms with Crippen molar-refractivity contribution in [2.45, 2.75) is 24.3 Å². The summed E-state index contributed by atoms with van der Waals surface area (Å²) in [6, 6.07) is 4.91. The quantitative estimate of drug-likeness (QED) is 0.772. The highest BCUT2D eigenvalue weighted by molar-refractivity contribution is 7.98. The maximum Gasteiger partial charge on any atom is 0.335 e. The number of methoxy groups -OCH3 is 1. The van der Waals surface area contributed by atoms with Gasteiger partial charge >= 0.3 is 5.97 Å². The van der Waals surface area contributed by atoms with Crippen LogP contribution in [0.1, 0.15) is 23.7 Å². The molecule has 0 amide bonds. The van der Waals surface area contributed by atoms with Crippen LogP contribution in [0.15, 0.2) is 23.1 Å². The SMILES string of the molecule is COC(C)CCOc1cc(C(=O)O)ccc1SC. The molecule has 100 valence electrons. The number of benzene rings is 1. The normalized spacial score (nSPS) is 12.2. The van der Waals surface area contributed by atoms with E-state index >= 15 is 0 Å². The third-order valence-corrected chi connectivity index (χ3v) is 3.37. The molecule has 5 heteroatoms. The molecular weight excluding hydrogens is 252 g/mol. The van der Waals surface area contributed by atoms with Gasteiger partial charge in [0.2, 0.25) is 0 Å². The second-order valence-corrected chi connectivity index (χ2v) is 4.70. The van der Waals surface area contributed by atoms with Gasteiger partial charge in [-0.1, -0.05) is 0 Å². The molecule has 1 rings (SSSR count). The summed E-state index contributed by atoms with van der Waals surface area (Å²) in [5.74, 6) is -0.330. The first-order valence-electron chi connectivity index (χ1n) is 5.65. The van der Waals surface area contributed by atoms with Crippen LogP contribution in [-0.2, 0) is 4.74 Å². The van der Waals surface area contributed by atoms with Crippen LogP contribution in [0.3, 0.4) is 0 Å². The third-order valence-electron chi connectivity index (χ3n) is 2.59. The minimum absolute atomic E-state index is 0.130. The Morgan fingerprint density at radius 2 is 2.22 bits per heavy atom. The van der Waals surface area contributed by atoms with Gasteiger partial charge in [-0.15, -0.1) is 11.8 Å². The Morgan fingerprint density at radius 1 is 1.50 bits per heavy atom. The number of thioether (sulfide) groups is 1. The molecule has 18 heavy (non-hydrogen) atoms. The van der Waals surface area contributed by atoms with E-state index in [4.69, 9.17) is 14.6 Å². The van der Waals surface area contributed by atoms with Gasteiger partial charge in [0.1, 0.15) is 5.75 Å². The van der Waals surface area contributed by atoms with Crippen LogP contribution < -0.4 is 4.74 Å². The summed E-state index contributed by atoms with van der Waals surface area (Å²) in [6.07, 6.45) is 2.83. The van der Waals surface area contributed by atoms with Crippen LogP contribution in [0, 0.1) is 0 Å². The van der Waals surface area contributed by atoms with Crippen LogP contribution in [-0.4, -0.2) is 37.2 Å². The Kier molecular flexibility index (Phi) is 6.01. The van der Waals surface area contributed by atoms with Gasteiger partial charge in [0.15, 0.2) is 0 Å². The lowest BCUT2D eigenvalue weighted by atomic mass is 10.2. The lowest BCUT2D eigenvalue weighted by molar-refractivity contribution is 0.0695. The van der Waals surface area contributed by atoms with Gasteiger partial charge in [0.25, 0.3) is 0 Å². The molecular formula is C13H18O4S. The zero-order chi connectivity index (χ0) is 13.5. The monoisotopic (exact) mass is 270 g/mol. The third kappa shape index (κ3) is 4.23. The van der Waals surface area contributed by atoms with Crippen molar-refractivity contribution in [2.24, 2.45) is 0 Å². The lowest BCUT2D eigenvalue weighted by Crippen LogP contribution is -2.11. The van der Waals surface area contributed by atoms with Crippen LogP contribution in [0.25, 0.3) is 0 Å². The van der Waals surface area contributed by atoms with Crippen LogP contribution in [0.5, 0.6) is 5.75 Å². The van der Waals surface area contributed by atoms with Gasteiger partial charge in [0, 0.05) is 18.4 Å². The fraction of sp³-hybridized carbons (Fsp3) is 0.462. The molecule has 0 saturated carbocycles. The van der Waals surface area contributed by atoms with Crippen molar-refractivity contribution in [3.05, 3.63) is 23.8 Å². The number of hydrogen-bond donors (Lipinski definition) is 1. The summed E-state index contributed by atoms with van der Waals surface area (Å²) in [7, 11) is 1.66. The summed E-state index contributed by atoms with van der Waals surface area (Å²) < 4.78 is 10.8. The summed E-state index contributed by atoms with van der Waals surface area (Å²) in [6.45, 7) is 2.47. The van der Waals surface area contributed by atoms with Crippen LogP contribution in [0.4, 0.5) is 0 Å². The highest BCUT2D eigenvalue weighted by atomic mass is 32.2. The second kappa shape index (κ2) is 7.28. The highest BCUT2D eigenvalue weighted by Crippen LogP contribution is 2.29. The molecule has 1 atom stereocenters. The Morgan fingerprint density at radius 3 is 2.78 bits per heavy atom. The predicted octanol–water partition coefficient (Wildman–Crippen LogP) is 2.91. The molecule has 0 aliphatic rings. The maximum absolute atomic E-state index is 10.9. The van der Waals surface area contributed by atoms with Crippen molar-refractivity contribution < 1.29 is 19.4 Å². The minimum Gasteiger partial charge on any atom is -0.492 e. The molecule has 0 radical (unpaired) electrons. The number of aromatic carboxylic acids is 1. The number of hydrogen-bond acceptors (Lipinski definition) is 4. The van der Waals surface area contributed by atoms with Gasteiger partial charge in [-0.2, -0.15) is 0 Å². The van der Waals surface area contributed by atoms with Gasteiger partial charge in [-0.25, -0.2) is 4.79 Å². The van der Waals surface area contributed by atoms with Gasteiger partial charge in [-0.05, 0) is 31.4 Å². The Labute approximate surface area is 111 Å². The largest absolute Gasteiger partial charge is 0.492 e. The Hall–Kier alpha value is -1.20. The molecule has 0 heterocycles. The average Bonchev–Trinajstić information content (AvgIpc) is 2.38. The maximum atomic E-state index is 10.9. The first kappa shape index (κ1) is 14.9. The number of carbonyl (C=O) groups is 1. The molecule has 0 aliphatic heterocycles. The summed E-state index contributed by atoms with van der Waals surface area (Å²) in [5, 5.41) is 8.94. The van der Waals surface area contributed by atoms with Gasteiger partial charge < -0.3 is 14.6 Å². The second-order valence-electron chi connectivity index (χ2n) is 3.85. The van der Waals surface area contributed by atoms with Crippen LogP contribution >= 0.6 is 11.8 Å². The molecule has 1 aromatic rings. The Bertz CT molecular complexity index is 406. The smallest absolute Gasteiger partial charge is 0.335 e. The van der Waals surface area contributed by atoms with Crippen molar-refractivity contribution in [2.75, 3.05) is 20.0 Å². The van der Waals surface area contributed by atoms with E-state index in [0.717, 1.165) is 11.3 Å². The van der Waals surface area contributed by atoms with E-state index in [2.05, 4.69) is 0 Å². The topological polar surface area (TPSA) is 55.8 Å². The molecule has 1 N–H and O–H groups in total. The average molecular weight is 270 g/mol. The van der Waals surface area contributed by atoms with Crippen molar-refractivity contribution in [3.63, 3.8) is 0 Å². The summed E-state index contributed by atoms with van der Waals surface area (Å²) in [5.41, 5.74) is 0.239. The summed E-state index contributed by atoms with van der Waals surface area (Å²) >= 11 is 1.53. The van der Waals surface area contributed by atoms with E-state index in [-0.39, 0.29) is 11.7 Å². The first-order chi connectivity index (χ1) is 8.58. The molecule has 1 unspecified atom stereocenters. The lowest BCUT2D eigenvalue weighted by Gasteiger charge is -2.13. The zero-order valence-corrected chi connectivity index (χ0v) is 11.6. The molecule has 0 spiro atoms. The molecule has 4 nitrogen and oxygen atoms in total. The van der Waals surface area contributed by atoms with Crippen molar-refractivity contribution in [3.8, 4) is 5.75 Å². The predicted molar refractivity (Wildman–Crippen MR) is 71.8 cm³/mol. The fourth-order valence-corrected chi connectivity index (χ4v) is 1.90. The van der Waals surface area contributed by atoms with Gasteiger partial charge in [-0.3, -0.25) is 0 Å². The van der Waals surface area contributed by atoms with E-state index < -0.39 is 5.97 Å². The van der Waals surface area contributed by atoms with E-state index in [1.807, 2.05) is 13.2 Å². The highest BCUT2D eigenvalue weighted by Gasteiger charge is 2.09. The molecule has 0 saturated heterocycles. The van der Waals surface area contributed by atoms with Crippen molar-refractivity contribution >= 4 is 17.7 Å². The molecule has 0 aliphatic carbocycles. The van der Waals surface area contributed by atoms with E-state index in [1.165, 1.54) is 11.8 Å². The standard InChI is InChI=1S/C13H18O4S/c1-9(16-2)6-7-17-11-8-10(13(14)15)4-5-12(11)18-3/h4-5,8-9H,6-7H2,1-3H3,(H,14,15). The molecule has 0 bridgehead atoms. The molecule has 1 aromatic carbocycles. The number of carboxylic acids is 1. The van der Waals surface area contributed by atoms with Crippen molar-refractivity contribution in [1.29, 1.82) is 0 Å². The van der Waals surface area contributed by atoms with E-state index in [0.29, 0.717) is 12.4 Å². The van der Waals surface area contributed by atoms with Crippen LogP contribution in [0.2, 0.25) is 0 Å². The molecule has 0 aromatic heterocycles. The zero-order valence-electron chi connectivity index (χ0n) is 10.8. The summed E-state index contributed by atoms with van der Waals surface area (Å²) in [4.78, 5) is 11.8. The van der Waals surface area contributed by atoms with E-state index in [9.17, 15) is 4.79 Å². The van der Waals surface area contributed by atoms with Gasteiger partial charge in [0.05, 0.1) is 18.3 Å². The molecule has 0 fully saturated rings. The first-order valence-corrected chi connectivity index (χ1v) is 6.88. The van der Waals surface area contributed by atoms with E-state index in [1.54, 1.807) is 25.3 Å². The van der Waals surface area contributed by atoms with Crippen molar-refractivity contribution in [1.82, 2.24) is 0 Å². The fourth-order valence-electron chi connectivity index (χ4n) is 1.38. The number of carboxylic acid groups (broad SMARTS) is 1. The minimum atomic E-state index is -0.947. The Balaban J connectivity index is 2.72. The number of ether oxygens (including phenoxy) is 2. The number of rotatable bonds is 7.